The second-order valence-electron chi connectivity index (χ2n) is 3.66. The molecule has 0 spiro atoms. The number of aliphatic hydroxyl groups excluding tert-OH is 1. The molecule has 2 heterocycles. The van der Waals surface area contributed by atoms with E-state index in [1.165, 1.54) is 0 Å². The second-order valence-corrected chi connectivity index (χ2v) is 3.66. The molecule has 1 atom stereocenters. The quantitative estimate of drug-likeness (QED) is 0.798. The zero-order valence-corrected chi connectivity index (χ0v) is 8.75. The van der Waals surface area contributed by atoms with E-state index >= 15 is 0 Å². The highest BCUT2D eigenvalue weighted by Gasteiger charge is 2.13. The van der Waals surface area contributed by atoms with E-state index in [9.17, 15) is 5.11 Å². The third-order valence-electron chi connectivity index (χ3n) is 2.22. The molecule has 2 rings (SSSR count). The van der Waals surface area contributed by atoms with E-state index in [1.807, 2.05) is 24.6 Å². The van der Waals surface area contributed by atoms with Crippen LogP contribution in [0.15, 0.2) is 31.0 Å². The highest BCUT2D eigenvalue weighted by atomic mass is 16.3. The first-order valence-electron chi connectivity index (χ1n) is 4.74. The van der Waals surface area contributed by atoms with Crippen molar-refractivity contribution >= 4 is 0 Å². The van der Waals surface area contributed by atoms with Crippen LogP contribution in [0.25, 0.3) is 0 Å². The van der Waals surface area contributed by atoms with E-state index in [2.05, 4.69) is 9.97 Å². The van der Waals surface area contributed by atoms with Crippen LogP contribution < -0.4 is 0 Å². The Kier molecular flexibility index (Phi) is 2.51. The Morgan fingerprint density at radius 3 is 2.80 bits per heavy atom. The van der Waals surface area contributed by atoms with Crippen molar-refractivity contribution in [3.05, 3.63) is 47.8 Å². The summed E-state index contributed by atoms with van der Waals surface area (Å²) in [5.74, 6) is 0. The normalized spacial score (nSPS) is 12.7. The molecule has 15 heavy (non-hydrogen) atoms. The van der Waals surface area contributed by atoms with Crippen molar-refractivity contribution in [2.45, 2.75) is 13.0 Å². The number of aliphatic hydroxyl groups is 1. The first-order valence-corrected chi connectivity index (χ1v) is 4.74. The van der Waals surface area contributed by atoms with Gasteiger partial charge in [-0.3, -0.25) is 4.98 Å². The van der Waals surface area contributed by atoms with Gasteiger partial charge in [-0.15, -0.1) is 0 Å². The fraction of sp³-hybridized carbons (Fsp3) is 0.273. The van der Waals surface area contributed by atoms with Gasteiger partial charge in [0.25, 0.3) is 0 Å². The average molecular weight is 203 g/mol. The van der Waals surface area contributed by atoms with Crippen molar-refractivity contribution in [1.82, 2.24) is 14.5 Å². The summed E-state index contributed by atoms with van der Waals surface area (Å²) in [5, 5.41) is 10.0. The number of imidazole rings is 1. The van der Waals surface area contributed by atoms with Gasteiger partial charge in [-0.25, -0.2) is 4.98 Å². The lowest BCUT2D eigenvalue weighted by Crippen LogP contribution is -2.01. The summed E-state index contributed by atoms with van der Waals surface area (Å²) >= 11 is 0. The zero-order valence-electron chi connectivity index (χ0n) is 8.75. The van der Waals surface area contributed by atoms with Gasteiger partial charge in [-0.2, -0.15) is 0 Å². The van der Waals surface area contributed by atoms with Gasteiger partial charge in [0.2, 0.25) is 0 Å². The minimum Gasteiger partial charge on any atom is -0.382 e. The van der Waals surface area contributed by atoms with E-state index in [-0.39, 0.29) is 0 Å². The minimum absolute atomic E-state index is 0.643. The van der Waals surface area contributed by atoms with Crippen LogP contribution in [0.3, 0.4) is 0 Å². The third-order valence-corrected chi connectivity index (χ3v) is 2.22. The second kappa shape index (κ2) is 3.82. The van der Waals surface area contributed by atoms with E-state index in [1.54, 1.807) is 24.9 Å². The number of hydrogen-bond donors (Lipinski definition) is 1. The number of aromatic nitrogens is 3. The summed E-state index contributed by atoms with van der Waals surface area (Å²) in [5.41, 5.74) is 2.45. The Bertz CT molecular complexity index is 464. The predicted octanol–water partition coefficient (Wildman–Crippen LogP) is 1.21. The van der Waals surface area contributed by atoms with Crippen molar-refractivity contribution in [3.63, 3.8) is 0 Å². The summed E-state index contributed by atoms with van der Waals surface area (Å²) in [4.78, 5) is 8.15. The van der Waals surface area contributed by atoms with Crippen LogP contribution in [0, 0.1) is 6.92 Å². The fourth-order valence-corrected chi connectivity index (χ4v) is 1.47. The summed E-state index contributed by atoms with van der Waals surface area (Å²) in [6.07, 6.45) is 6.19. The van der Waals surface area contributed by atoms with Gasteiger partial charge < -0.3 is 9.67 Å². The predicted molar refractivity (Wildman–Crippen MR) is 56.2 cm³/mol. The maximum Gasteiger partial charge on any atom is 0.124 e. The van der Waals surface area contributed by atoms with Crippen LogP contribution in [0.5, 0.6) is 0 Å². The van der Waals surface area contributed by atoms with Crippen molar-refractivity contribution in [2.75, 3.05) is 0 Å². The molecule has 4 heteroatoms. The molecule has 0 bridgehead atoms. The maximum absolute atomic E-state index is 10.0. The van der Waals surface area contributed by atoms with Gasteiger partial charge in [-0.05, 0) is 12.5 Å². The average Bonchev–Trinajstić information content (AvgIpc) is 2.64. The van der Waals surface area contributed by atoms with Crippen molar-refractivity contribution in [1.29, 1.82) is 0 Å². The van der Waals surface area contributed by atoms with Crippen LogP contribution in [0.1, 0.15) is 22.9 Å². The summed E-state index contributed by atoms with van der Waals surface area (Å²) in [7, 11) is 1.87. The zero-order chi connectivity index (χ0) is 10.8. The minimum atomic E-state index is -0.696. The molecule has 0 saturated carbocycles. The lowest BCUT2D eigenvalue weighted by Gasteiger charge is -2.07. The number of rotatable bonds is 2. The Hall–Kier alpha value is -1.68. The maximum atomic E-state index is 10.0. The number of aryl methyl sites for hydroxylation is 2. The van der Waals surface area contributed by atoms with Gasteiger partial charge in [0.1, 0.15) is 6.10 Å². The Morgan fingerprint density at radius 1 is 1.40 bits per heavy atom. The SMILES string of the molecule is Cc1cncc(C(O)c2cn(C)cn2)c1. The first kappa shape index (κ1) is 9.86. The fourth-order valence-electron chi connectivity index (χ4n) is 1.47. The van der Waals surface area contributed by atoms with E-state index < -0.39 is 6.10 Å². The Labute approximate surface area is 88.2 Å². The van der Waals surface area contributed by atoms with Crippen molar-refractivity contribution < 1.29 is 5.11 Å². The van der Waals surface area contributed by atoms with Gasteiger partial charge >= 0.3 is 0 Å². The molecular formula is C11H13N3O. The molecule has 2 aromatic heterocycles. The topological polar surface area (TPSA) is 50.9 Å². The molecule has 1 unspecified atom stereocenters. The summed E-state index contributed by atoms with van der Waals surface area (Å²) in [6, 6.07) is 1.91. The molecule has 0 aliphatic carbocycles. The molecular weight excluding hydrogens is 190 g/mol. The van der Waals surface area contributed by atoms with Crippen LogP contribution in [0.2, 0.25) is 0 Å². The molecule has 0 aliphatic rings. The molecule has 0 amide bonds. The first-order chi connectivity index (χ1) is 7.16. The molecule has 1 N–H and O–H groups in total. The molecule has 78 valence electrons. The number of hydrogen-bond acceptors (Lipinski definition) is 3. The van der Waals surface area contributed by atoms with Crippen LogP contribution >= 0.6 is 0 Å². The lowest BCUT2D eigenvalue weighted by atomic mass is 10.1. The van der Waals surface area contributed by atoms with Gasteiger partial charge in [0, 0.05) is 31.2 Å². The Balaban J connectivity index is 2.32. The van der Waals surface area contributed by atoms with Crippen LogP contribution in [-0.4, -0.2) is 19.6 Å². The molecule has 0 saturated heterocycles. The molecule has 2 aromatic rings. The van der Waals surface area contributed by atoms with Gasteiger partial charge in [0.05, 0.1) is 12.0 Å². The highest BCUT2D eigenvalue weighted by molar-refractivity contribution is 5.24. The smallest absolute Gasteiger partial charge is 0.124 e. The van der Waals surface area contributed by atoms with Crippen molar-refractivity contribution in [3.8, 4) is 0 Å². The van der Waals surface area contributed by atoms with E-state index in [0.717, 1.165) is 11.1 Å². The molecule has 0 aliphatic heterocycles. The largest absolute Gasteiger partial charge is 0.382 e. The molecule has 0 fully saturated rings. The number of nitrogens with zero attached hydrogens (tertiary/aromatic N) is 3. The summed E-state index contributed by atoms with van der Waals surface area (Å²) < 4.78 is 1.81. The van der Waals surface area contributed by atoms with E-state index in [0.29, 0.717) is 5.69 Å². The molecule has 0 radical (unpaired) electrons. The highest BCUT2D eigenvalue weighted by Crippen LogP contribution is 2.19. The monoisotopic (exact) mass is 203 g/mol. The van der Waals surface area contributed by atoms with Gasteiger partial charge in [0.15, 0.2) is 0 Å². The molecule has 4 nitrogen and oxygen atoms in total. The van der Waals surface area contributed by atoms with Crippen LogP contribution in [0.4, 0.5) is 0 Å². The number of pyridine rings is 1. The Morgan fingerprint density at radius 2 is 2.20 bits per heavy atom. The van der Waals surface area contributed by atoms with Crippen LogP contribution in [-0.2, 0) is 7.05 Å². The van der Waals surface area contributed by atoms with E-state index in [4.69, 9.17) is 0 Å². The molecule has 0 aromatic carbocycles. The summed E-state index contributed by atoms with van der Waals surface area (Å²) in [6.45, 7) is 1.95. The third kappa shape index (κ3) is 2.05. The standard InChI is InChI=1S/C11H13N3O/c1-8-3-9(5-12-4-8)11(15)10-6-14(2)7-13-10/h3-7,11,15H,1-2H3. The van der Waals surface area contributed by atoms with Crippen molar-refractivity contribution in [2.24, 2.45) is 7.05 Å². The van der Waals surface area contributed by atoms with Gasteiger partial charge in [-0.1, -0.05) is 6.07 Å². The lowest BCUT2D eigenvalue weighted by molar-refractivity contribution is 0.215.